The molecule has 5 heteroatoms. The van der Waals surface area contributed by atoms with E-state index in [4.69, 9.17) is 0 Å². The standard InChI is InChI=1S/C13H22N4S/c1-9(2)11-12(14-3)15-8-16-13(11)17-10-5-4-6-18-7-10/h8-10H,4-7H2,1-3H3,(H2,14,15,16,17). The number of anilines is 2. The lowest BCUT2D eigenvalue weighted by molar-refractivity contribution is 0.678. The summed E-state index contributed by atoms with van der Waals surface area (Å²) in [6, 6.07) is 0.542. The van der Waals surface area contributed by atoms with Crippen LogP contribution in [0.1, 0.15) is 38.2 Å². The Morgan fingerprint density at radius 3 is 2.72 bits per heavy atom. The van der Waals surface area contributed by atoms with Gasteiger partial charge in [0.2, 0.25) is 0 Å². The zero-order chi connectivity index (χ0) is 13.0. The summed E-state index contributed by atoms with van der Waals surface area (Å²) >= 11 is 2.02. The van der Waals surface area contributed by atoms with Gasteiger partial charge < -0.3 is 10.6 Å². The van der Waals surface area contributed by atoms with Crippen molar-refractivity contribution in [1.29, 1.82) is 0 Å². The van der Waals surface area contributed by atoms with Crippen LogP contribution >= 0.6 is 11.8 Å². The van der Waals surface area contributed by atoms with E-state index in [1.807, 2.05) is 18.8 Å². The molecule has 0 aromatic carbocycles. The maximum atomic E-state index is 4.43. The normalized spacial score (nSPS) is 19.9. The van der Waals surface area contributed by atoms with Gasteiger partial charge in [-0.15, -0.1) is 0 Å². The Hall–Kier alpha value is -0.970. The molecule has 100 valence electrons. The molecule has 2 heterocycles. The van der Waals surface area contributed by atoms with Crippen molar-refractivity contribution in [1.82, 2.24) is 9.97 Å². The van der Waals surface area contributed by atoms with Crippen LogP contribution in [0.2, 0.25) is 0 Å². The third-order valence-corrected chi connectivity index (χ3v) is 4.41. The van der Waals surface area contributed by atoms with Crippen LogP contribution in [-0.2, 0) is 0 Å². The fraction of sp³-hybridized carbons (Fsp3) is 0.692. The van der Waals surface area contributed by atoms with Gasteiger partial charge in [-0.1, -0.05) is 13.8 Å². The lowest BCUT2D eigenvalue weighted by Crippen LogP contribution is -2.27. The number of thioether (sulfide) groups is 1. The van der Waals surface area contributed by atoms with Crippen LogP contribution in [0.15, 0.2) is 6.33 Å². The SMILES string of the molecule is CNc1ncnc(NC2CCCSC2)c1C(C)C. The first-order chi connectivity index (χ1) is 8.72. The van der Waals surface area contributed by atoms with Gasteiger partial charge >= 0.3 is 0 Å². The Bertz CT molecular complexity index is 389. The Kier molecular flexibility index (Phi) is 4.69. The predicted octanol–water partition coefficient (Wildman–Crippen LogP) is 2.95. The van der Waals surface area contributed by atoms with Gasteiger partial charge in [-0.05, 0) is 24.5 Å². The Morgan fingerprint density at radius 2 is 2.11 bits per heavy atom. The van der Waals surface area contributed by atoms with E-state index in [1.165, 1.54) is 29.9 Å². The highest BCUT2D eigenvalue weighted by atomic mass is 32.2. The first kappa shape index (κ1) is 13.5. The van der Waals surface area contributed by atoms with Crippen molar-refractivity contribution in [3.63, 3.8) is 0 Å². The molecule has 1 atom stereocenters. The number of nitrogens with one attached hydrogen (secondary N) is 2. The topological polar surface area (TPSA) is 49.8 Å². The Labute approximate surface area is 113 Å². The molecule has 2 N–H and O–H groups in total. The fourth-order valence-corrected chi connectivity index (χ4v) is 3.38. The molecular formula is C13H22N4S. The lowest BCUT2D eigenvalue weighted by atomic mass is 10.0. The van der Waals surface area contributed by atoms with Crippen LogP contribution in [-0.4, -0.2) is 34.6 Å². The fourth-order valence-electron chi connectivity index (χ4n) is 2.30. The van der Waals surface area contributed by atoms with Gasteiger partial charge in [0.25, 0.3) is 0 Å². The summed E-state index contributed by atoms with van der Waals surface area (Å²) in [5.74, 6) is 4.81. The van der Waals surface area contributed by atoms with Gasteiger partial charge in [0.1, 0.15) is 18.0 Å². The largest absolute Gasteiger partial charge is 0.373 e. The molecule has 0 spiro atoms. The van der Waals surface area contributed by atoms with Crippen LogP contribution in [0.5, 0.6) is 0 Å². The van der Waals surface area contributed by atoms with Crippen molar-refractivity contribution >= 4 is 23.4 Å². The molecule has 1 aliphatic rings. The molecule has 0 amide bonds. The molecule has 0 aliphatic carbocycles. The first-order valence-electron chi connectivity index (χ1n) is 6.59. The van der Waals surface area contributed by atoms with Crippen LogP contribution in [0.3, 0.4) is 0 Å². The van der Waals surface area contributed by atoms with E-state index in [0.717, 1.165) is 11.6 Å². The van der Waals surface area contributed by atoms with Crippen molar-refractivity contribution in [2.24, 2.45) is 0 Å². The van der Waals surface area contributed by atoms with Crippen molar-refractivity contribution in [3.05, 3.63) is 11.9 Å². The summed E-state index contributed by atoms with van der Waals surface area (Å²) in [6.45, 7) is 4.36. The summed E-state index contributed by atoms with van der Waals surface area (Å²) in [7, 11) is 1.91. The molecule has 0 radical (unpaired) electrons. The molecule has 1 aromatic heterocycles. The second kappa shape index (κ2) is 6.27. The summed E-state index contributed by atoms with van der Waals surface area (Å²) in [5.41, 5.74) is 1.19. The second-order valence-electron chi connectivity index (χ2n) is 4.95. The molecule has 18 heavy (non-hydrogen) atoms. The third kappa shape index (κ3) is 3.07. The summed E-state index contributed by atoms with van der Waals surface area (Å²) in [6.07, 6.45) is 4.17. The van der Waals surface area contributed by atoms with Crippen molar-refractivity contribution in [3.8, 4) is 0 Å². The molecule has 2 rings (SSSR count). The van der Waals surface area contributed by atoms with Crippen molar-refractivity contribution in [2.45, 2.75) is 38.6 Å². The van der Waals surface area contributed by atoms with E-state index in [2.05, 4.69) is 34.4 Å². The molecule has 4 nitrogen and oxygen atoms in total. The van der Waals surface area contributed by atoms with Gasteiger partial charge in [0.15, 0.2) is 0 Å². The van der Waals surface area contributed by atoms with Gasteiger partial charge in [0, 0.05) is 24.4 Å². The van der Waals surface area contributed by atoms with Gasteiger partial charge in [0.05, 0.1) is 0 Å². The molecule has 1 aliphatic heterocycles. The average molecular weight is 266 g/mol. The summed E-state index contributed by atoms with van der Waals surface area (Å²) < 4.78 is 0. The highest BCUT2D eigenvalue weighted by Crippen LogP contribution is 2.29. The van der Waals surface area contributed by atoms with E-state index >= 15 is 0 Å². The van der Waals surface area contributed by atoms with E-state index in [-0.39, 0.29) is 0 Å². The minimum absolute atomic E-state index is 0.410. The molecule has 0 saturated carbocycles. The maximum Gasteiger partial charge on any atom is 0.135 e. The van der Waals surface area contributed by atoms with Crippen LogP contribution < -0.4 is 10.6 Å². The smallest absolute Gasteiger partial charge is 0.135 e. The third-order valence-electron chi connectivity index (χ3n) is 3.20. The molecule has 1 saturated heterocycles. The minimum atomic E-state index is 0.410. The van der Waals surface area contributed by atoms with Crippen molar-refractivity contribution in [2.75, 3.05) is 29.2 Å². The maximum absolute atomic E-state index is 4.43. The zero-order valence-corrected chi connectivity index (χ0v) is 12.2. The number of hydrogen-bond donors (Lipinski definition) is 2. The molecule has 1 fully saturated rings. The minimum Gasteiger partial charge on any atom is -0.373 e. The second-order valence-corrected chi connectivity index (χ2v) is 6.10. The Balaban J connectivity index is 2.20. The first-order valence-corrected chi connectivity index (χ1v) is 7.74. The van der Waals surface area contributed by atoms with E-state index in [9.17, 15) is 0 Å². The average Bonchev–Trinajstić information content (AvgIpc) is 2.39. The molecule has 1 unspecified atom stereocenters. The van der Waals surface area contributed by atoms with Crippen LogP contribution in [0.25, 0.3) is 0 Å². The molecule has 1 aromatic rings. The Morgan fingerprint density at radius 1 is 1.33 bits per heavy atom. The van der Waals surface area contributed by atoms with Crippen LogP contribution in [0.4, 0.5) is 11.6 Å². The van der Waals surface area contributed by atoms with Crippen LogP contribution in [0, 0.1) is 0 Å². The molecule has 0 bridgehead atoms. The van der Waals surface area contributed by atoms with Gasteiger partial charge in [-0.25, -0.2) is 9.97 Å². The predicted molar refractivity (Wildman–Crippen MR) is 79.6 cm³/mol. The highest BCUT2D eigenvalue weighted by Gasteiger charge is 2.19. The number of aromatic nitrogens is 2. The van der Waals surface area contributed by atoms with E-state index < -0.39 is 0 Å². The number of nitrogens with zero attached hydrogens (tertiary/aromatic N) is 2. The van der Waals surface area contributed by atoms with Gasteiger partial charge in [-0.2, -0.15) is 11.8 Å². The number of hydrogen-bond acceptors (Lipinski definition) is 5. The monoisotopic (exact) mass is 266 g/mol. The highest BCUT2D eigenvalue weighted by molar-refractivity contribution is 7.99. The van der Waals surface area contributed by atoms with E-state index in [1.54, 1.807) is 6.33 Å². The summed E-state index contributed by atoms with van der Waals surface area (Å²) in [5, 5.41) is 6.75. The lowest BCUT2D eigenvalue weighted by Gasteiger charge is -2.25. The molecular weight excluding hydrogens is 244 g/mol. The zero-order valence-electron chi connectivity index (χ0n) is 11.4. The summed E-state index contributed by atoms with van der Waals surface area (Å²) in [4.78, 5) is 8.74. The quantitative estimate of drug-likeness (QED) is 0.877. The van der Waals surface area contributed by atoms with E-state index in [0.29, 0.717) is 12.0 Å². The van der Waals surface area contributed by atoms with Crippen molar-refractivity contribution < 1.29 is 0 Å². The number of rotatable bonds is 4. The van der Waals surface area contributed by atoms with Gasteiger partial charge in [-0.3, -0.25) is 0 Å².